The summed E-state index contributed by atoms with van der Waals surface area (Å²) in [7, 11) is 0. The van der Waals surface area contributed by atoms with E-state index in [9.17, 15) is 0 Å². The highest BCUT2D eigenvalue weighted by molar-refractivity contribution is 5.13. The topological polar surface area (TPSA) is 28.4 Å². The van der Waals surface area contributed by atoms with Gasteiger partial charge >= 0.3 is 0 Å². The predicted octanol–water partition coefficient (Wildman–Crippen LogP) is 3.01. The van der Waals surface area contributed by atoms with Gasteiger partial charge in [-0.1, -0.05) is 20.8 Å². The van der Waals surface area contributed by atoms with Crippen LogP contribution in [0.4, 0.5) is 0 Å². The minimum absolute atomic E-state index is 0.696. The molecule has 3 nitrogen and oxygen atoms in total. The zero-order chi connectivity index (χ0) is 13.0. The van der Waals surface area contributed by atoms with Gasteiger partial charge in [0, 0.05) is 18.2 Å². The van der Waals surface area contributed by atoms with Crippen molar-refractivity contribution in [2.45, 2.75) is 52.7 Å². The normalized spacial score (nSPS) is 15.8. The fourth-order valence-corrected chi connectivity index (χ4v) is 2.25. The number of hydrogen-bond donors (Lipinski definition) is 1. The lowest BCUT2D eigenvalue weighted by Gasteiger charge is -2.17. The largest absolute Gasteiger partial charge is 0.468 e. The van der Waals surface area contributed by atoms with Crippen LogP contribution in [-0.4, -0.2) is 24.0 Å². The van der Waals surface area contributed by atoms with Crippen LogP contribution in [0.2, 0.25) is 0 Å². The highest BCUT2D eigenvalue weighted by Crippen LogP contribution is 2.28. The second-order valence-electron chi connectivity index (χ2n) is 5.74. The molecular weight excluding hydrogens is 224 g/mol. The Morgan fingerprint density at radius 3 is 2.83 bits per heavy atom. The second-order valence-corrected chi connectivity index (χ2v) is 5.74. The molecule has 1 aliphatic rings. The fourth-order valence-electron chi connectivity index (χ4n) is 2.25. The standard InChI is InChI=1S/C15H26N2O/c1-4-17(14-5-6-14)10-15-7-13(11-18-15)9-16-8-12(2)3/h7,11-12,14,16H,4-6,8-10H2,1-3H3. The molecule has 102 valence electrons. The first-order valence-electron chi connectivity index (χ1n) is 7.20. The van der Waals surface area contributed by atoms with Gasteiger partial charge in [0.25, 0.3) is 0 Å². The Labute approximate surface area is 111 Å². The number of hydrogen-bond acceptors (Lipinski definition) is 3. The Balaban J connectivity index is 1.78. The van der Waals surface area contributed by atoms with Crippen molar-refractivity contribution in [2.24, 2.45) is 5.92 Å². The molecule has 18 heavy (non-hydrogen) atoms. The molecule has 2 rings (SSSR count). The van der Waals surface area contributed by atoms with Crippen molar-refractivity contribution in [1.29, 1.82) is 0 Å². The summed E-state index contributed by atoms with van der Waals surface area (Å²) >= 11 is 0. The number of nitrogens with one attached hydrogen (secondary N) is 1. The molecule has 1 fully saturated rings. The Hall–Kier alpha value is -0.800. The zero-order valence-corrected chi connectivity index (χ0v) is 11.9. The number of furan rings is 1. The van der Waals surface area contributed by atoms with Crippen molar-refractivity contribution in [3.63, 3.8) is 0 Å². The van der Waals surface area contributed by atoms with Crippen molar-refractivity contribution >= 4 is 0 Å². The van der Waals surface area contributed by atoms with Gasteiger partial charge in [0.15, 0.2) is 0 Å². The molecule has 0 aromatic carbocycles. The van der Waals surface area contributed by atoms with Gasteiger partial charge in [-0.05, 0) is 37.9 Å². The molecule has 0 bridgehead atoms. The molecular formula is C15H26N2O. The highest BCUT2D eigenvalue weighted by Gasteiger charge is 2.28. The van der Waals surface area contributed by atoms with Gasteiger partial charge in [-0.15, -0.1) is 0 Å². The van der Waals surface area contributed by atoms with Crippen molar-refractivity contribution in [3.05, 3.63) is 23.7 Å². The Kier molecular flexibility index (Phi) is 4.84. The summed E-state index contributed by atoms with van der Waals surface area (Å²) in [5, 5.41) is 3.44. The molecule has 0 spiro atoms. The van der Waals surface area contributed by atoms with Crippen molar-refractivity contribution < 1.29 is 4.42 Å². The first-order valence-corrected chi connectivity index (χ1v) is 7.20. The van der Waals surface area contributed by atoms with E-state index in [0.717, 1.165) is 38.0 Å². The van der Waals surface area contributed by atoms with Crippen molar-refractivity contribution in [3.8, 4) is 0 Å². The molecule has 1 heterocycles. The summed E-state index contributed by atoms with van der Waals surface area (Å²) in [6.45, 7) is 10.7. The molecule has 0 radical (unpaired) electrons. The maximum absolute atomic E-state index is 5.65. The van der Waals surface area contributed by atoms with Gasteiger partial charge < -0.3 is 9.73 Å². The van der Waals surface area contributed by atoms with E-state index in [-0.39, 0.29) is 0 Å². The van der Waals surface area contributed by atoms with E-state index >= 15 is 0 Å². The van der Waals surface area contributed by atoms with Crippen LogP contribution in [-0.2, 0) is 13.1 Å². The summed E-state index contributed by atoms with van der Waals surface area (Å²) in [5.41, 5.74) is 1.26. The molecule has 1 aliphatic carbocycles. The summed E-state index contributed by atoms with van der Waals surface area (Å²) < 4.78 is 5.65. The van der Waals surface area contributed by atoms with E-state index in [1.807, 2.05) is 6.26 Å². The van der Waals surface area contributed by atoms with Gasteiger partial charge in [-0.3, -0.25) is 4.90 Å². The van der Waals surface area contributed by atoms with E-state index < -0.39 is 0 Å². The van der Waals surface area contributed by atoms with E-state index in [4.69, 9.17) is 4.42 Å². The number of rotatable bonds is 8. The van der Waals surface area contributed by atoms with Crippen LogP contribution in [0.15, 0.2) is 16.7 Å². The Morgan fingerprint density at radius 1 is 1.44 bits per heavy atom. The van der Waals surface area contributed by atoms with Crippen LogP contribution in [0, 0.1) is 5.92 Å². The molecule has 0 atom stereocenters. The summed E-state index contributed by atoms with van der Waals surface area (Å²) in [6.07, 6.45) is 4.61. The molecule has 1 N–H and O–H groups in total. The van der Waals surface area contributed by atoms with Gasteiger partial charge in [0.2, 0.25) is 0 Å². The van der Waals surface area contributed by atoms with E-state index in [1.54, 1.807) is 0 Å². The maximum atomic E-state index is 5.65. The monoisotopic (exact) mass is 250 g/mol. The van der Waals surface area contributed by atoms with Crippen LogP contribution in [0.5, 0.6) is 0 Å². The van der Waals surface area contributed by atoms with Crippen LogP contribution in [0.1, 0.15) is 44.9 Å². The van der Waals surface area contributed by atoms with Gasteiger partial charge in [-0.2, -0.15) is 0 Å². The lowest BCUT2D eigenvalue weighted by Crippen LogP contribution is -2.24. The van der Waals surface area contributed by atoms with Crippen molar-refractivity contribution in [2.75, 3.05) is 13.1 Å². The minimum atomic E-state index is 0.696. The lowest BCUT2D eigenvalue weighted by atomic mass is 10.2. The van der Waals surface area contributed by atoms with Crippen molar-refractivity contribution in [1.82, 2.24) is 10.2 Å². The maximum Gasteiger partial charge on any atom is 0.118 e. The summed E-state index contributed by atoms with van der Waals surface area (Å²) in [5.74, 6) is 1.80. The average molecular weight is 250 g/mol. The third-order valence-corrected chi connectivity index (χ3v) is 3.42. The first kappa shape index (κ1) is 13.6. The molecule has 0 aliphatic heterocycles. The summed E-state index contributed by atoms with van der Waals surface area (Å²) in [4.78, 5) is 2.50. The number of nitrogens with zero attached hydrogens (tertiary/aromatic N) is 1. The molecule has 1 aromatic heterocycles. The van der Waals surface area contributed by atoms with E-state index in [2.05, 4.69) is 37.1 Å². The molecule has 0 unspecified atom stereocenters. The van der Waals surface area contributed by atoms with Crippen LogP contribution >= 0.6 is 0 Å². The molecule has 0 saturated heterocycles. The van der Waals surface area contributed by atoms with E-state index in [0.29, 0.717) is 5.92 Å². The van der Waals surface area contributed by atoms with E-state index in [1.165, 1.54) is 18.4 Å². The molecule has 3 heteroatoms. The molecule has 1 saturated carbocycles. The van der Waals surface area contributed by atoms with Gasteiger partial charge in [0.05, 0.1) is 12.8 Å². The van der Waals surface area contributed by atoms with Gasteiger partial charge in [0.1, 0.15) is 5.76 Å². The molecule has 0 amide bonds. The third-order valence-electron chi connectivity index (χ3n) is 3.42. The van der Waals surface area contributed by atoms with Gasteiger partial charge in [-0.25, -0.2) is 0 Å². The predicted molar refractivity (Wildman–Crippen MR) is 74.4 cm³/mol. The quantitative estimate of drug-likeness (QED) is 0.769. The summed E-state index contributed by atoms with van der Waals surface area (Å²) in [6, 6.07) is 3.00. The fraction of sp³-hybridized carbons (Fsp3) is 0.733. The Bertz CT molecular complexity index is 355. The van der Waals surface area contributed by atoms with Crippen LogP contribution in [0.3, 0.4) is 0 Å². The Morgan fingerprint density at radius 2 is 2.22 bits per heavy atom. The van der Waals surface area contributed by atoms with Crippen LogP contribution in [0.25, 0.3) is 0 Å². The minimum Gasteiger partial charge on any atom is -0.468 e. The SMILES string of the molecule is CCN(Cc1cc(CNCC(C)C)co1)C1CC1. The van der Waals surface area contributed by atoms with Crippen LogP contribution < -0.4 is 5.32 Å². The lowest BCUT2D eigenvalue weighted by molar-refractivity contribution is 0.246. The zero-order valence-electron chi connectivity index (χ0n) is 11.9. The smallest absolute Gasteiger partial charge is 0.118 e. The first-order chi connectivity index (χ1) is 8.69. The third kappa shape index (κ3) is 4.14. The highest BCUT2D eigenvalue weighted by atomic mass is 16.3. The average Bonchev–Trinajstić information content (AvgIpc) is 3.08. The molecule has 1 aromatic rings. The second kappa shape index (κ2) is 6.39.